The molecular weight excluding hydrogens is 546 g/mol. The molecule has 5 heterocycles. The van der Waals surface area contributed by atoms with E-state index in [-0.39, 0.29) is 23.9 Å². The van der Waals surface area contributed by atoms with Crippen LogP contribution in [-0.2, 0) is 14.2 Å². The van der Waals surface area contributed by atoms with Crippen LogP contribution in [0.3, 0.4) is 0 Å². The molecule has 0 radical (unpaired) electrons. The van der Waals surface area contributed by atoms with E-state index in [1.54, 1.807) is 11.5 Å². The van der Waals surface area contributed by atoms with Crippen molar-refractivity contribution in [2.75, 3.05) is 18.5 Å². The number of amides is 2. The number of hydrogen-bond acceptors (Lipinski definition) is 10. The number of carbonyl (C=O) groups excluding carboxylic acids is 1. The lowest BCUT2D eigenvalue weighted by molar-refractivity contribution is -0.131. The summed E-state index contributed by atoms with van der Waals surface area (Å²) >= 11 is 0. The molecule has 2 fully saturated rings. The fraction of sp³-hybridized carbons (Fsp3) is 0.286. The van der Waals surface area contributed by atoms with Crippen LogP contribution < -0.4 is 15.4 Å². The Morgan fingerprint density at radius 1 is 1.05 bits per heavy atom. The van der Waals surface area contributed by atoms with Crippen LogP contribution >= 0.6 is 0 Å². The summed E-state index contributed by atoms with van der Waals surface area (Å²) in [7, 11) is 0. The zero-order valence-electron chi connectivity index (χ0n) is 22.4. The number of imidazole rings is 1. The third-order valence-corrected chi connectivity index (χ3v) is 6.70. The highest BCUT2D eigenvalue weighted by Gasteiger charge is 2.53. The number of benzene rings is 1. The number of aromatic carboxylic acids is 1. The molecule has 14 heteroatoms. The molecule has 14 nitrogen and oxygen atoms in total. The molecule has 4 aromatic rings. The van der Waals surface area contributed by atoms with E-state index in [0.29, 0.717) is 17.7 Å². The minimum atomic E-state index is -1.16. The lowest BCUT2D eigenvalue weighted by Crippen LogP contribution is -2.33. The predicted molar refractivity (Wildman–Crippen MR) is 148 cm³/mol. The number of pyridine rings is 1. The number of hydrogen-bond donors (Lipinski definition) is 3. The zero-order chi connectivity index (χ0) is 29.1. The minimum Gasteiger partial charge on any atom is -0.477 e. The number of urea groups is 1. The van der Waals surface area contributed by atoms with Crippen molar-refractivity contribution in [2.45, 2.75) is 37.8 Å². The van der Waals surface area contributed by atoms with Gasteiger partial charge in [-0.1, -0.05) is 36.4 Å². The Labute approximate surface area is 239 Å². The highest BCUT2D eigenvalue weighted by molar-refractivity contribution is 5.95. The van der Waals surface area contributed by atoms with E-state index >= 15 is 0 Å². The maximum Gasteiger partial charge on any atom is 0.341 e. The van der Waals surface area contributed by atoms with Gasteiger partial charge in [0.05, 0.1) is 6.33 Å². The van der Waals surface area contributed by atoms with Crippen LogP contribution in [0.15, 0.2) is 67.4 Å². The third kappa shape index (κ3) is 5.50. The maximum atomic E-state index is 12.1. The number of fused-ring (bicyclic) bond motifs is 2. The zero-order valence-corrected chi connectivity index (χ0v) is 22.4. The molecule has 3 N–H and O–H groups in total. The van der Waals surface area contributed by atoms with E-state index in [1.165, 1.54) is 31.0 Å². The van der Waals surface area contributed by atoms with Crippen molar-refractivity contribution in [3.05, 3.63) is 78.5 Å². The first-order chi connectivity index (χ1) is 20.5. The Kier molecular flexibility index (Phi) is 7.72. The van der Waals surface area contributed by atoms with E-state index in [2.05, 4.69) is 30.6 Å². The highest BCUT2D eigenvalue weighted by atomic mass is 16.8. The smallest absolute Gasteiger partial charge is 0.341 e. The standard InChI is InChI=1S/C28H27N7O7/c1-2-29-28(38)34-23-20-24(32-14-31-23)35(15-33-20)26-22-21(41-19(42-22)11-10-16-7-4-3-5-8-16)18(40-26)13-39-25-17(27(36)37)9-6-12-30-25/h3-12,14-15,18-19,21-22,26H,2,13H2,1H3,(H,36,37)(H2,29,31,32,34,38)/b11-10+. The van der Waals surface area contributed by atoms with E-state index in [9.17, 15) is 14.7 Å². The molecule has 2 saturated heterocycles. The number of ether oxygens (including phenoxy) is 4. The number of aromatic nitrogens is 5. The number of carboxylic acid groups (broad SMARTS) is 1. The van der Waals surface area contributed by atoms with Crippen LogP contribution in [0.5, 0.6) is 5.88 Å². The average Bonchev–Trinajstić information content (AvgIpc) is 3.70. The van der Waals surface area contributed by atoms with Gasteiger partial charge < -0.3 is 29.4 Å². The molecule has 0 aliphatic carbocycles. The quantitative estimate of drug-likeness (QED) is 0.269. The molecule has 3 aromatic heterocycles. The van der Waals surface area contributed by atoms with Crippen molar-refractivity contribution in [3.8, 4) is 5.88 Å². The number of nitrogens with one attached hydrogen (secondary N) is 2. The Hall–Kier alpha value is -4.92. The largest absolute Gasteiger partial charge is 0.477 e. The minimum absolute atomic E-state index is 0.0325. The van der Waals surface area contributed by atoms with Crippen molar-refractivity contribution in [2.24, 2.45) is 0 Å². The highest BCUT2D eigenvalue weighted by Crippen LogP contribution is 2.41. The lowest BCUT2D eigenvalue weighted by atomic mass is 10.1. The van der Waals surface area contributed by atoms with Gasteiger partial charge in [0.25, 0.3) is 0 Å². The molecule has 5 atom stereocenters. The summed E-state index contributed by atoms with van der Waals surface area (Å²) in [6, 6.07) is 12.2. The Morgan fingerprint density at radius 3 is 2.69 bits per heavy atom. The SMILES string of the molecule is CCNC(=O)Nc1ncnc2c1ncn2C1OC(COc2ncccc2C(=O)O)C2OC(/C=C/c3ccccc3)OC21. The van der Waals surface area contributed by atoms with Gasteiger partial charge in [0.2, 0.25) is 5.88 Å². The van der Waals surface area contributed by atoms with Crippen molar-refractivity contribution in [1.29, 1.82) is 0 Å². The van der Waals surface area contributed by atoms with Gasteiger partial charge in [0.1, 0.15) is 36.8 Å². The van der Waals surface area contributed by atoms with Crippen molar-refractivity contribution >= 4 is 35.1 Å². The second kappa shape index (κ2) is 11.9. The monoisotopic (exact) mass is 573 g/mol. The number of nitrogens with zero attached hydrogens (tertiary/aromatic N) is 5. The van der Waals surface area contributed by atoms with E-state index in [1.807, 2.05) is 42.5 Å². The van der Waals surface area contributed by atoms with Gasteiger partial charge in [-0.05, 0) is 30.7 Å². The first-order valence-electron chi connectivity index (χ1n) is 13.2. The van der Waals surface area contributed by atoms with Crippen LogP contribution in [0.4, 0.5) is 10.6 Å². The molecule has 2 amide bonds. The van der Waals surface area contributed by atoms with Crippen LogP contribution in [0.2, 0.25) is 0 Å². The van der Waals surface area contributed by atoms with Crippen LogP contribution in [0.1, 0.15) is 29.1 Å². The van der Waals surface area contributed by atoms with Gasteiger partial charge in [0.15, 0.2) is 29.5 Å². The molecule has 5 unspecified atom stereocenters. The Bertz CT molecular complexity index is 1610. The first kappa shape index (κ1) is 27.3. The molecule has 216 valence electrons. The molecular formula is C28H27N7O7. The number of carboxylic acids is 1. The summed E-state index contributed by atoms with van der Waals surface area (Å²) in [5.74, 6) is -0.952. The molecule has 2 aliphatic heterocycles. The number of rotatable bonds is 9. The van der Waals surface area contributed by atoms with Crippen molar-refractivity contribution in [1.82, 2.24) is 29.8 Å². The van der Waals surface area contributed by atoms with E-state index in [0.717, 1.165) is 5.56 Å². The normalized spacial score (nSPS) is 23.2. The molecule has 42 heavy (non-hydrogen) atoms. The molecule has 0 bridgehead atoms. The Morgan fingerprint density at radius 2 is 1.88 bits per heavy atom. The van der Waals surface area contributed by atoms with Crippen LogP contribution in [0, 0.1) is 0 Å². The average molecular weight is 574 g/mol. The molecule has 1 aromatic carbocycles. The summed E-state index contributed by atoms with van der Waals surface area (Å²) in [6.45, 7) is 2.19. The number of anilines is 1. The predicted octanol–water partition coefficient (Wildman–Crippen LogP) is 2.86. The summed E-state index contributed by atoms with van der Waals surface area (Å²) in [5.41, 5.74) is 1.69. The van der Waals surface area contributed by atoms with Gasteiger partial charge in [-0.15, -0.1) is 0 Å². The molecule has 2 aliphatic rings. The molecule has 0 spiro atoms. The fourth-order valence-corrected chi connectivity index (χ4v) is 4.83. The fourth-order valence-electron chi connectivity index (χ4n) is 4.83. The second-order valence-electron chi connectivity index (χ2n) is 9.41. The van der Waals surface area contributed by atoms with Crippen molar-refractivity contribution in [3.63, 3.8) is 0 Å². The van der Waals surface area contributed by atoms with Gasteiger partial charge in [-0.25, -0.2) is 29.5 Å². The van der Waals surface area contributed by atoms with E-state index in [4.69, 9.17) is 18.9 Å². The molecule has 6 rings (SSSR count). The van der Waals surface area contributed by atoms with Gasteiger partial charge >= 0.3 is 12.0 Å². The molecule has 0 saturated carbocycles. The van der Waals surface area contributed by atoms with E-state index < -0.39 is 42.8 Å². The lowest BCUT2D eigenvalue weighted by Gasteiger charge is -2.20. The summed E-state index contributed by atoms with van der Waals surface area (Å²) < 4.78 is 26.4. The first-order valence-corrected chi connectivity index (χ1v) is 13.2. The van der Waals surface area contributed by atoms with Crippen LogP contribution in [-0.4, -0.2) is 79.4 Å². The topological polar surface area (TPSA) is 172 Å². The van der Waals surface area contributed by atoms with Crippen molar-refractivity contribution < 1.29 is 33.6 Å². The summed E-state index contributed by atoms with van der Waals surface area (Å²) in [6.07, 6.45) is 4.76. The maximum absolute atomic E-state index is 12.1. The summed E-state index contributed by atoms with van der Waals surface area (Å²) in [5, 5.41) is 14.8. The van der Waals surface area contributed by atoms with Gasteiger partial charge in [-0.2, -0.15) is 0 Å². The third-order valence-electron chi connectivity index (χ3n) is 6.70. The second-order valence-corrected chi connectivity index (χ2v) is 9.41. The summed E-state index contributed by atoms with van der Waals surface area (Å²) in [4.78, 5) is 40.8. The van der Waals surface area contributed by atoms with Gasteiger partial charge in [0, 0.05) is 12.7 Å². The Balaban J connectivity index is 1.28. The number of carbonyl (C=O) groups is 2. The van der Waals surface area contributed by atoms with Gasteiger partial charge in [-0.3, -0.25) is 9.88 Å². The van der Waals surface area contributed by atoms with Crippen LogP contribution in [0.25, 0.3) is 17.2 Å².